The van der Waals surface area contributed by atoms with E-state index in [0.717, 1.165) is 25.7 Å². The van der Waals surface area contributed by atoms with E-state index in [1.807, 2.05) is 11.3 Å². The number of hydrogen-bond donors (Lipinski definition) is 1. The lowest BCUT2D eigenvalue weighted by molar-refractivity contribution is 0.102. The standard InChI is InChI=1S/C14H23NOS/c1-12(14-7-4-10-17-14)15-8-9-16-11-13-5-2-3-6-13/h4,7,10,12-13,15H,2-3,5-6,8-9,11H2,1H3. The molecule has 0 spiro atoms. The summed E-state index contributed by atoms with van der Waals surface area (Å²) in [6, 6.07) is 4.74. The van der Waals surface area contributed by atoms with Gasteiger partial charge in [-0.3, -0.25) is 0 Å². The fourth-order valence-electron chi connectivity index (χ4n) is 2.41. The highest BCUT2D eigenvalue weighted by Gasteiger charge is 2.14. The molecule has 3 heteroatoms. The second kappa shape index (κ2) is 7.14. The molecule has 0 aliphatic heterocycles. The molecule has 2 nitrogen and oxygen atoms in total. The minimum absolute atomic E-state index is 0.449. The maximum Gasteiger partial charge on any atom is 0.0591 e. The van der Waals surface area contributed by atoms with Gasteiger partial charge in [-0.05, 0) is 37.1 Å². The molecule has 1 aliphatic carbocycles. The van der Waals surface area contributed by atoms with E-state index in [2.05, 4.69) is 29.8 Å². The summed E-state index contributed by atoms with van der Waals surface area (Å²) >= 11 is 1.81. The Morgan fingerprint density at radius 2 is 2.29 bits per heavy atom. The van der Waals surface area contributed by atoms with Crippen LogP contribution in [0.4, 0.5) is 0 Å². The van der Waals surface area contributed by atoms with Gasteiger partial charge in [-0.1, -0.05) is 18.9 Å². The zero-order valence-electron chi connectivity index (χ0n) is 10.7. The highest BCUT2D eigenvalue weighted by Crippen LogP contribution is 2.24. The van der Waals surface area contributed by atoms with Crippen molar-refractivity contribution in [2.75, 3.05) is 19.8 Å². The molecule has 1 fully saturated rings. The number of thiophene rings is 1. The first-order valence-corrected chi connectivity index (χ1v) is 7.59. The monoisotopic (exact) mass is 253 g/mol. The normalized spacial score (nSPS) is 18.6. The molecule has 17 heavy (non-hydrogen) atoms. The lowest BCUT2D eigenvalue weighted by Crippen LogP contribution is -2.23. The lowest BCUT2D eigenvalue weighted by atomic mass is 10.1. The van der Waals surface area contributed by atoms with Gasteiger partial charge in [0.25, 0.3) is 0 Å². The van der Waals surface area contributed by atoms with Crippen LogP contribution in [0.5, 0.6) is 0 Å². The molecule has 0 aromatic carbocycles. The van der Waals surface area contributed by atoms with Gasteiger partial charge in [0.15, 0.2) is 0 Å². The Morgan fingerprint density at radius 3 is 3.00 bits per heavy atom. The molecule has 0 amide bonds. The van der Waals surface area contributed by atoms with E-state index in [1.54, 1.807) is 0 Å². The van der Waals surface area contributed by atoms with E-state index in [9.17, 15) is 0 Å². The van der Waals surface area contributed by atoms with Gasteiger partial charge in [-0.25, -0.2) is 0 Å². The molecule has 1 saturated carbocycles. The average molecular weight is 253 g/mol. The zero-order valence-corrected chi connectivity index (χ0v) is 11.5. The van der Waals surface area contributed by atoms with Crippen LogP contribution < -0.4 is 5.32 Å². The quantitative estimate of drug-likeness (QED) is 0.750. The zero-order chi connectivity index (χ0) is 11.9. The highest BCUT2D eigenvalue weighted by molar-refractivity contribution is 7.10. The van der Waals surface area contributed by atoms with E-state index in [4.69, 9.17) is 4.74 Å². The molecule has 96 valence electrons. The predicted molar refractivity (Wildman–Crippen MR) is 73.5 cm³/mol. The van der Waals surface area contributed by atoms with Gasteiger partial charge in [0, 0.05) is 24.1 Å². The van der Waals surface area contributed by atoms with Crippen LogP contribution in [0.25, 0.3) is 0 Å². The molecular weight excluding hydrogens is 230 g/mol. The van der Waals surface area contributed by atoms with E-state index in [0.29, 0.717) is 6.04 Å². The first-order chi connectivity index (χ1) is 8.36. The Bertz CT molecular complexity index is 293. The first-order valence-electron chi connectivity index (χ1n) is 6.71. The van der Waals surface area contributed by atoms with Crippen LogP contribution in [0.2, 0.25) is 0 Å². The molecule has 1 N–H and O–H groups in total. The molecule has 1 atom stereocenters. The Hall–Kier alpha value is -0.380. The Labute approximate surface area is 108 Å². The smallest absolute Gasteiger partial charge is 0.0591 e. The molecule has 2 rings (SSSR count). The molecule has 1 heterocycles. The van der Waals surface area contributed by atoms with Crippen LogP contribution in [0.1, 0.15) is 43.5 Å². The van der Waals surface area contributed by atoms with Crippen molar-refractivity contribution in [2.45, 2.75) is 38.6 Å². The van der Waals surface area contributed by atoms with E-state index >= 15 is 0 Å². The molecule has 1 aromatic rings. The highest BCUT2D eigenvalue weighted by atomic mass is 32.1. The van der Waals surface area contributed by atoms with Crippen molar-refractivity contribution in [3.8, 4) is 0 Å². The van der Waals surface area contributed by atoms with Gasteiger partial charge in [0.1, 0.15) is 0 Å². The van der Waals surface area contributed by atoms with Gasteiger partial charge in [-0.15, -0.1) is 11.3 Å². The van der Waals surface area contributed by atoms with Gasteiger partial charge in [-0.2, -0.15) is 0 Å². The Balaban J connectivity index is 1.51. The summed E-state index contributed by atoms with van der Waals surface area (Å²) in [5.41, 5.74) is 0. The average Bonchev–Trinajstić information content (AvgIpc) is 3.01. The van der Waals surface area contributed by atoms with Crippen molar-refractivity contribution in [1.29, 1.82) is 0 Å². The predicted octanol–water partition coefficient (Wildman–Crippen LogP) is 3.61. The van der Waals surface area contributed by atoms with Gasteiger partial charge in [0.05, 0.1) is 6.61 Å². The fraction of sp³-hybridized carbons (Fsp3) is 0.714. The van der Waals surface area contributed by atoms with Crippen molar-refractivity contribution in [3.63, 3.8) is 0 Å². The molecule has 0 bridgehead atoms. The molecule has 1 aliphatic rings. The summed E-state index contributed by atoms with van der Waals surface area (Å²) in [4.78, 5) is 1.40. The maximum atomic E-state index is 5.73. The van der Waals surface area contributed by atoms with Gasteiger partial charge >= 0.3 is 0 Å². The number of ether oxygens (including phenoxy) is 1. The number of rotatable bonds is 7. The van der Waals surface area contributed by atoms with Crippen LogP contribution >= 0.6 is 11.3 Å². The van der Waals surface area contributed by atoms with Crippen LogP contribution in [0.3, 0.4) is 0 Å². The van der Waals surface area contributed by atoms with Crippen molar-refractivity contribution >= 4 is 11.3 Å². The topological polar surface area (TPSA) is 21.3 Å². The Morgan fingerprint density at radius 1 is 1.47 bits per heavy atom. The summed E-state index contributed by atoms with van der Waals surface area (Å²) in [7, 11) is 0. The van der Waals surface area contributed by atoms with E-state index in [-0.39, 0.29) is 0 Å². The molecule has 1 aromatic heterocycles. The third-order valence-electron chi connectivity index (χ3n) is 3.50. The second-order valence-corrected chi connectivity index (χ2v) is 5.90. The van der Waals surface area contributed by atoms with Gasteiger partial charge < -0.3 is 10.1 Å². The van der Waals surface area contributed by atoms with Crippen LogP contribution in [-0.4, -0.2) is 19.8 Å². The van der Waals surface area contributed by atoms with Crippen molar-refractivity contribution in [3.05, 3.63) is 22.4 Å². The summed E-state index contributed by atoms with van der Waals surface area (Å²) in [6.07, 6.45) is 5.56. The largest absolute Gasteiger partial charge is 0.380 e. The first kappa shape index (κ1) is 13.1. The molecule has 0 radical (unpaired) electrons. The molecular formula is C14H23NOS. The van der Waals surface area contributed by atoms with Crippen molar-refractivity contribution in [1.82, 2.24) is 5.32 Å². The third kappa shape index (κ3) is 4.41. The second-order valence-electron chi connectivity index (χ2n) is 4.92. The number of nitrogens with one attached hydrogen (secondary N) is 1. The molecule has 1 unspecified atom stereocenters. The summed E-state index contributed by atoms with van der Waals surface area (Å²) in [6.45, 7) is 4.97. The van der Waals surface area contributed by atoms with Crippen molar-refractivity contribution < 1.29 is 4.74 Å². The minimum Gasteiger partial charge on any atom is -0.380 e. The maximum absolute atomic E-state index is 5.73. The van der Waals surface area contributed by atoms with E-state index < -0.39 is 0 Å². The van der Waals surface area contributed by atoms with E-state index in [1.165, 1.54) is 30.6 Å². The number of hydrogen-bond acceptors (Lipinski definition) is 3. The summed E-state index contributed by atoms with van der Waals surface area (Å²) in [5.74, 6) is 0.838. The van der Waals surface area contributed by atoms with Crippen molar-refractivity contribution in [2.24, 2.45) is 5.92 Å². The summed E-state index contributed by atoms with van der Waals surface area (Å²) in [5, 5.41) is 5.62. The third-order valence-corrected chi connectivity index (χ3v) is 4.55. The van der Waals surface area contributed by atoms with Gasteiger partial charge in [0.2, 0.25) is 0 Å². The van der Waals surface area contributed by atoms with Crippen LogP contribution in [0.15, 0.2) is 17.5 Å². The van der Waals surface area contributed by atoms with Crippen LogP contribution in [-0.2, 0) is 4.74 Å². The SMILES string of the molecule is CC(NCCOCC1CCCC1)c1cccs1. The fourth-order valence-corrected chi connectivity index (χ4v) is 3.17. The lowest BCUT2D eigenvalue weighted by Gasteiger charge is -2.13. The Kier molecular flexibility index (Phi) is 5.49. The van der Waals surface area contributed by atoms with Crippen LogP contribution in [0, 0.1) is 5.92 Å². The summed E-state index contributed by atoms with van der Waals surface area (Å²) < 4.78 is 5.73. The molecule has 0 saturated heterocycles. The minimum atomic E-state index is 0.449.